The molecule has 1 N–H and O–H groups in total. The van der Waals surface area contributed by atoms with E-state index in [0.29, 0.717) is 0 Å². The maximum Gasteiger partial charge on any atom is 0.119 e. The molecule has 1 aliphatic carbocycles. The molecule has 2 nitrogen and oxygen atoms in total. The van der Waals surface area contributed by atoms with Crippen molar-refractivity contribution in [3.63, 3.8) is 0 Å². The number of methoxy groups -OCH3 is 1. The summed E-state index contributed by atoms with van der Waals surface area (Å²) in [6.07, 6.45) is 1.59. The normalized spacial score (nSPS) is 25.6. The van der Waals surface area contributed by atoms with Gasteiger partial charge in [0.1, 0.15) is 5.75 Å². The Hall–Kier alpha value is -0.540. The van der Waals surface area contributed by atoms with E-state index in [-0.39, 0.29) is 10.9 Å². The number of halogens is 1. The fourth-order valence-electron chi connectivity index (χ4n) is 1.86. The summed E-state index contributed by atoms with van der Waals surface area (Å²) in [5, 5.41) is 9.91. The van der Waals surface area contributed by atoms with Crippen molar-refractivity contribution in [3.8, 4) is 5.75 Å². The molecule has 0 amide bonds. The van der Waals surface area contributed by atoms with E-state index in [0.717, 1.165) is 24.2 Å². The third-order valence-corrected chi connectivity index (χ3v) is 3.66. The minimum atomic E-state index is -0.385. The first-order valence-electron chi connectivity index (χ1n) is 4.71. The molecule has 3 heteroatoms. The van der Waals surface area contributed by atoms with Crippen molar-refractivity contribution < 1.29 is 9.84 Å². The predicted molar refractivity (Wildman–Crippen MR) is 59.0 cm³/mol. The SMILES string of the molecule is COc1ccc2c(c1)CCC(Br)C2O. The summed E-state index contributed by atoms with van der Waals surface area (Å²) in [5.41, 5.74) is 2.23. The largest absolute Gasteiger partial charge is 0.497 e. The van der Waals surface area contributed by atoms with E-state index in [9.17, 15) is 5.11 Å². The molecule has 1 aromatic carbocycles. The standard InChI is InChI=1S/C11H13BrO2/c1-14-8-3-4-9-7(6-8)2-5-10(12)11(9)13/h3-4,6,10-11,13H,2,5H2,1H3. The van der Waals surface area contributed by atoms with Gasteiger partial charge in [0.25, 0.3) is 0 Å². The Morgan fingerprint density at radius 1 is 1.50 bits per heavy atom. The number of ether oxygens (including phenoxy) is 1. The topological polar surface area (TPSA) is 29.5 Å². The summed E-state index contributed by atoms with van der Waals surface area (Å²) in [5.74, 6) is 0.865. The number of fused-ring (bicyclic) bond motifs is 1. The Bertz CT molecular complexity index is 338. The number of rotatable bonds is 1. The van der Waals surface area contributed by atoms with Gasteiger partial charge in [-0.2, -0.15) is 0 Å². The first-order valence-corrected chi connectivity index (χ1v) is 5.63. The van der Waals surface area contributed by atoms with Crippen LogP contribution in [0.1, 0.15) is 23.7 Å². The Balaban J connectivity index is 2.38. The van der Waals surface area contributed by atoms with E-state index >= 15 is 0 Å². The van der Waals surface area contributed by atoms with Gasteiger partial charge in [0.2, 0.25) is 0 Å². The Kier molecular flexibility index (Phi) is 2.79. The molecule has 0 saturated heterocycles. The molecule has 0 heterocycles. The second-order valence-electron chi connectivity index (χ2n) is 3.56. The minimum absolute atomic E-state index is 0.184. The van der Waals surface area contributed by atoms with Crippen molar-refractivity contribution in [2.24, 2.45) is 0 Å². The summed E-state index contributed by atoms with van der Waals surface area (Å²) in [4.78, 5) is 0.184. The molecule has 76 valence electrons. The quantitative estimate of drug-likeness (QED) is 0.783. The summed E-state index contributed by atoms with van der Waals surface area (Å²) in [6.45, 7) is 0. The summed E-state index contributed by atoms with van der Waals surface area (Å²) in [6, 6.07) is 5.86. The molecule has 0 fully saturated rings. The zero-order valence-electron chi connectivity index (χ0n) is 8.03. The van der Waals surface area contributed by atoms with Gasteiger partial charge in [-0.25, -0.2) is 0 Å². The lowest BCUT2D eigenvalue weighted by Gasteiger charge is -2.26. The third kappa shape index (κ3) is 1.66. The van der Waals surface area contributed by atoms with Crippen LogP contribution in [0.2, 0.25) is 0 Å². The average molecular weight is 257 g/mol. The zero-order chi connectivity index (χ0) is 10.1. The second kappa shape index (κ2) is 3.91. The molecule has 0 aliphatic heterocycles. The number of hydrogen-bond acceptors (Lipinski definition) is 2. The van der Waals surface area contributed by atoms with E-state index in [1.165, 1.54) is 5.56 Å². The first-order chi connectivity index (χ1) is 6.72. The van der Waals surface area contributed by atoms with Gasteiger partial charge in [-0.15, -0.1) is 0 Å². The number of benzene rings is 1. The molecule has 2 rings (SSSR count). The van der Waals surface area contributed by atoms with Crippen LogP contribution in [-0.2, 0) is 6.42 Å². The zero-order valence-corrected chi connectivity index (χ0v) is 9.62. The van der Waals surface area contributed by atoms with Gasteiger partial charge in [-0.3, -0.25) is 0 Å². The van der Waals surface area contributed by atoms with Gasteiger partial charge in [0.15, 0.2) is 0 Å². The number of alkyl halides is 1. The van der Waals surface area contributed by atoms with E-state index in [2.05, 4.69) is 15.9 Å². The molecular weight excluding hydrogens is 244 g/mol. The van der Waals surface area contributed by atoms with Crippen LogP contribution in [0.25, 0.3) is 0 Å². The van der Waals surface area contributed by atoms with Crippen LogP contribution in [-0.4, -0.2) is 17.0 Å². The fraction of sp³-hybridized carbons (Fsp3) is 0.455. The maximum atomic E-state index is 9.91. The highest BCUT2D eigenvalue weighted by Crippen LogP contribution is 2.35. The molecule has 0 bridgehead atoms. The molecule has 1 aromatic rings. The van der Waals surface area contributed by atoms with Gasteiger partial charge in [-0.05, 0) is 36.1 Å². The van der Waals surface area contributed by atoms with E-state index in [1.807, 2.05) is 18.2 Å². The Morgan fingerprint density at radius 3 is 3.00 bits per heavy atom. The van der Waals surface area contributed by atoms with Crippen molar-refractivity contribution in [3.05, 3.63) is 29.3 Å². The van der Waals surface area contributed by atoms with Crippen molar-refractivity contribution in [2.75, 3.05) is 7.11 Å². The Morgan fingerprint density at radius 2 is 2.29 bits per heavy atom. The van der Waals surface area contributed by atoms with E-state index < -0.39 is 0 Å². The molecule has 0 saturated carbocycles. The highest BCUT2D eigenvalue weighted by molar-refractivity contribution is 9.09. The minimum Gasteiger partial charge on any atom is -0.497 e. The van der Waals surface area contributed by atoms with Crippen molar-refractivity contribution in [1.82, 2.24) is 0 Å². The van der Waals surface area contributed by atoms with Crippen LogP contribution in [0.15, 0.2) is 18.2 Å². The lowest BCUT2D eigenvalue weighted by atomic mass is 9.89. The van der Waals surface area contributed by atoms with Gasteiger partial charge < -0.3 is 9.84 Å². The van der Waals surface area contributed by atoms with Crippen LogP contribution < -0.4 is 4.74 Å². The van der Waals surface area contributed by atoms with Crippen LogP contribution in [0.3, 0.4) is 0 Å². The van der Waals surface area contributed by atoms with Crippen LogP contribution in [0, 0.1) is 0 Å². The van der Waals surface area contributed by atoms with Crippen molar-refractivity contribution in [1.29, 1.82) is 0 Å². The van der Waals surface area contributed by atoms with Gasteiger partial charge in [-0.1, -0.05) is 22.0 Å². The van der Waals surface area contributed by atoms with Crippen LogP contribution in [0.5, 0.6) is 5.75 Å². The molecule has 1 aliphatic rings. The van der Waals surface area contributed by atoms with Crippen LogP contribution in [0.4, 0.5) is 0 Å². The van der Waals surface area contributed by atoms with Crippen molar-refractivity contribution in [2.45, 2.75) is 23.8 Å². The van der Waals surface area contributed by atoms with Crippen LogP contribution >= 0.6 is 15.9 Å². The predicted octanol–water partition coefficient (Wildman–Crippen LogP) is 2.44. The van der Waals surface area contributed by atoms with Crippen molar-refractivity contribution >= 4 is 15.9 Å². The first kappa shape index (κ1) is 9.99. The van der Waals surface area contributed by atoms with E-state index in [4.69, 9.17) is 4.74 Å². The molecular formula is C11H13BrO2. The molecule has 0 radical (unpaired) electrons. The summed E-state index contributed by atoms with van der Waals surface area (Å²) < 4.78 is 5.15. The number of hydrogen-bond donors (Lipinski definition) is 1. The third-order valence-electron chi connectivity index (χ3n) is 2.70. The molecule has 0 aromatic heterocycles. The molecule has 2 atom stereocenters. The van der Waals surface area contributed by atoms with Gasteiger partial charge >= 0.3 is 0 Å². The summed E-state index contributed by atoms with van der Waals surface area (Å²) >= 11 is 3.48. The van der Waals surface area contributed by atoms with Gasteiger partial charge in [0, 0.05) is 4.83 Å². The molecule has 2 unspecified atom stereocenters. The van der Waals surface area contributed by atoms with E-state index in [1.54, 1.807) is 7.11 Å². The number of aliphatic hydroxyl groups excluding tert-OH is 1. The monoisotopic (exact) mass is 256 g/mol. The Labute approximate surface area is 92.0 Å². The summed E-state index contributed by atoms with van der Waals surface area (Å²) in [7, 11) is 1.66. The molecule has 14 heavy (non-hydrogen) atoms. The number of aliphatic hydroxyl groups is 1. The average Bonchev–Trinajstić information content (AvgIpc) is 2.23. The number of aryl methyl sites for hydroxylation is 1. The molecule has 0 spiro atoms. The van der Waals surface area contributed by atoms with Gasteiger partial charge in [0.05, 0.1) is 13.2 Å². The highest BCUT2D eigenvalue weighted by Gasteiger charge is 2.25. The maximum absolute atomic E-state index is 9.91. The lowest BCUT2D eigenvalue weighted by molar-refractivity contribution is 0.165. The second-order valence-corrected chi connectivity index (χ2v) is 4.74. The fourth-order valence-corrected chi connectivity index (χ4v) is 2.37. The lowest BCUT2D eigenvalue weighted by Crippen LogP contribution is -2.20. The smallest absolute Gasteiger partial charge is 0.119 e. The highest BCUT2D eigenvalue weighted by atomic mass is 79.9.